The summed E-state index contributed by atoms with van der Waals surface area (Å²) in [5.41, 5.74) is -0.0585. The maximum absolute atomic E-state index is 13.7. The van der Waals surface area contributed by atoms with E-state index in [2.05, 4.69) is 15.9 Å². The second-order valence-electron chi connectivity index (χ2n) is 11.3. The summed E-state index contributed by atoms with van der Waals surface area (Å²) in [4.78, 5) is 54.9. The molecule has 0 radical (unpaired) electrons. The number of ether oxygens (including phenoxy) is 5. The van der Waals surface area contributed by atoms with Gasteiger partial charge in [0.1, 0.15) is 18.1 Å². The molecule has 11 heteroatoms. The van der Waals surface area contributed by atoms with Crippen molar-refractivity contribution >= 4 is 51.6 Å². The number of hydrogen-bond donors (Lipinski definition) is 0. The molecule has 51 heavy (non-hydrogen) atoms. The molecule has 9 nitrogen and oxygen atoms in total. The third-order valence-electron chi connectivity index (χ3n) is 7.79. The summed E-state index contributed by atoms with van der Waals surface area (Å²) < 4.78 is 31.4. The lowest BCUT2D eigenvalue weighted by atomic mass is 9.98. The number of carbonyl (C=O) groups excluding carboxylic acids is 4. The predicted molar refractivity (Wildman–Crippen MR) is 192 cm³/mol. The van der Waals surface area contributed by atoms with Crippen LogP contribution in [0.3, 0.4) is 0 Å². The zero-order valence-corrected chi connectivity index (χ0v) is 29.3. The van der Waals surface area contributed by atoms with Gasteiger partial charge in [0, 0.05) is 9.37 Å². The van der Waals surface area contributed by atoms with E-state index in [-0.39, 0.29) is 16.7 Å². The van der Waals surface area contributed by atoms with Crippen LogP contribution in [-0.2, 0) is 23.7 Å². The largest absolute Gasteiger partial charge is 0.459 e. The average Bonchev–Trinajstić information content (AvgIpc) is 3.17. The standard InChI is InChI=1S/C40H31BrO9S/c41-30-22-13-23-31(24-30)51-40-35(50-39(45)29-20-11-4-12-21-29)34(49-38(44)28-18-9-3-10-19-28)33(48-37(43)27-16-7-2-8-17-27)32(47-40)25-46-36(42)26-14-5-1-6-15-26/h1-24,32-35,40H,25H2/t32-,33-,34+,35-,40+/m1/s1. The van der Waals surface area contributed by atoms with Crippen molar-refractivity contribution in [3.63, 3.8) is 0 Å². The summed E-state index contributed by atoms with van der Waals surface area (Å²) in [7, 11) is 0. The Kier molecular flexibility index (Phi) is 12.0. The highest BCUT2D eigenvalue weighted by Gasteiger charge is 2.53. The van der Waals surface area contributed by atoms with E-state index in [1.54, 1.807) is 121 Å². The van der Waals surface area contributed by atoms with Crippen molar-refractivity contribution < 1.29 is 42.9 Å². The van der Waals surface area contributed by atoms with Gasteiger partial charge in [-0.3, -0.25) is 0 Å². The van der Waals surface area contributed by atoms with Gasteiger partial charge in [0.2, 0.25) is 0 Å². The highest BCUT2D eigenvalue weighted by Crippen LogP contribution is 2.39. The van der Waals surface area contributed by atoms with Gasteiger partial charge in [-0.25, -0.2) is 19.2 Å². The number of hydrogen-bond acceptors (Lipinski definition) is 10. The molecule has 0 amide bonds. The molecule has 5 atom stereocenters. The highest BCUT2D eigenvalue weighted by atomic mass is 79.9. The smallest absolute Gasteiger partial charge is 0.338 e. The Morgan fingerprint density at radius 1 is 0.529 bits per heavy atom. The molecule has 258 valence electrons. The molecular weight excluding hydrogens is 736 g/mol. The number of halogens is 1. The van der Waals surface area contributed by atoms with Crippen LogP contribution in [0.4, 0.5) is 0 Å². The molecular formula is C40H31BrO9S. The SMILES string of the molecule is O=C(OC[C@H]1O[C@@H](Sc2cccc(Br)c2)[C@H](OC(=O)c2ccccc2)[C@@H](OC(=O)c2ccccc2)[C@@H]1OC(=O)c1ccccc1)c1ccccc1. The van der Waals surface area contributed by atoms with Crippen LogP contribution < -0.4 is 0 Å². The maximum Gasteiger partial charge on any atom is 0.338 e. The van der Waals surface area contributed by atoms with Crippen molar-refractivity contribution in [2.45, 2.75) is 34.7 Å². The Labute approximate surface area is 307 Å². The van der Waals surface area contributed by atoms with Crippen LogP contribution in [0, 0.1) is 0 Å². The fourth-order valence-electron chi connectivity index (χ4n) is 5.30. The molecule has 1 fully saturated rings. The first-order valence-corrected chi connectivity index (χ1v) is 17.6. The minimum Gasteiger partial charge on any atom is -0.459 e. The monoisotopic (exact) mass is 766 g/mol. The number of rotatable bonds is 11. The lowest BCUT2D eigenvalue weighted by Crippen LogP contribution is -2.61. The van der Waals surface area contributed by atoms with Gasteiger partial charge in [0.15, 0.2) is 18.3 Å². The van der Waals surface area contributed by atoms with E-state index in [0.29, 0.717) is 5.56 Å². The molecule has 0 spiro atoms. The molecule has 0 aliphatic carbocycles. The van der Waals surface area contributed by atoms with Gasteiger partial charge in [-0.1, -0.05) is 107 Å². The number of carbonyl (C=O) groups is 4. The zero-order chi connectivity index (χ0) is 35.6. The summed E-state index contributed by atoms with van der Waals surface area (Å²) in [5, 5.41) is 0. The second kappa shape index (κ2) is 17.1. The zero-order valence-electron chi connectivity index (χ0n) is 26.9. The first-order valence-electron chi connectivity index (χ1n) is 15.9. The van der Waals surface area contributed by atoms with Crippen molar-refractivity contribution in [3.8, 4) is 0 Å². The normalized spacial score (nSPS) is 19.7. The van der Waals surface area contributed by atoms with Crippen molar-refractivity contribution in [3.05, 3.63) is 172 Å². The lowest BCUT2D eigenvalue weighted by Gasteiger charge is -2.44. The van der Waals surface area contributed by atoms with E-state index in [4.69, 9.17) is 23.7 Å². The molecule has 1 aliphatic heterocycles. The summed E-state index contributed by atoms with van der Waals surface area (Å²) >= 11 is 4.69. The Morgan fingerprint density at radius 2 is 0.961 bits per heavy atom. The van der Waals surface area contributed by atoms with E-state index in [9.17, 15) is 19.2 Å². The van der Waals surface area contributed by atoms with Crippen molar-refractivity contribution in [2.24, 2.45) is 0 Å². The Morgan fingerprint density at radius 3 is 1.43 bits per heavy atom. The quantitative estimate of drug-likeness (QED) is 0.0975. The van der Waals surface area contributed by atoms with Gasteiger partial charge in [-0.05, 0) is 66.7 Å². The molecule has 5 aromatic carbocycles. The van der Waals surface area contributed by atoms with Gasteiger partial charge in [0.05, 0.1) is 22.3 Å². The Balaban J connectivity index is 1.42. The minimum atomic E-state index is -1.42. The fraction of sp³-hybridized carbons (Fsp3) is 0.150. The third-order valence-corrected chi connectivity index (χ3v) is 9.42. The molecule has 1 heterocycles. The van der Waals surface area contributed by atoms with Crippen LogP contribution >= 0.6 is 27.7 Å². The van der Waals surface area contributed by atoms with E-state index < -0.39 is 60.3 Å². The first kappa shape index (κ1) is 35.6. The van der Waals surface area contributed by atoms with Crippen LogP contribution in [-0.4, -0.2) is 60.3 Å². The molecule has 0 aromatic heterocycles. The van der Waals surface area contributed by atoms with Gasteiger partial charge in [-0.2, -0.15) is 0 Å². The molecule has 0 bridgehead atoms. The molecule has 1 aliphatic rings. The topological polar surface area (TPSA) is 114 Å². The molecule has 1 saturated heterocycles. The first-order chi connectivity index (χ1) is 24.9. The van der Waals surface area contributed by atoms with E-state index in [1.807, 2.05) is 24.3 Å². The lowest BCUT2D eigenvalue weighted by molar-refractivity contribution is -0.207. The summed E-state index contributed by atoms with van der Waals surface area (Å²) in [6.45, 7) is -0.394. The van der Waals surface area contributed by atoms with E-state index in [0.717, 1.165) is 9.37 Å². The van der Waals surface area contributed by atoms with E-state index in [1.165, 1.54) is 11.8 Å². The van der Waals surface area contributed by atoms with E-state index >= 15 is 0 Å². The van der Waals surface area contributed by atoms with Gasteiger partial charge in [-0.15, -0.1) is 0 Å². The molecule has 6 rings (SSSR count). The number of esters is 4. The summed E-state index contributed by atoms with van der Waals surface area (Å²) in [6.07, 6.45) is -5.31. The third kappa shape index (κ3) is 9.31. The maximum atomic E-state index is 13.7. The van der Waals surface area contributed by atoms with Crippen LogP contribution in [0.5, 0.6) is 0 Å². The minimum absolute atomic E-state index is 0.216. The molecule has 5 aromatic rings. The molecule has 0 unspecified atom stereocenters. The summed E-state index contributed by atoms with van der Waals surface area (Å²) in [6, 6.07) is 40.6. The van der Waals surface area contributed by atoms with Crippen molar-refractivity contribution in [1.82, 2.24) is 0 Å². The number of benzene rings is 5. The van der Waals surface area contributed by atoms with Crippen LogP contribution in [0.15, 0.2) is 155 Å². The van der Waals surface area contributed by atoms with Gasteiger partial charge in [0.25, 0.3) is 0 Å². The van der Waals surface area contributed by atoms with Crippen LogP contribution in [0.25, 0.3) is 0 Å². The molecule has 0 N–H and O–H groups in total. The van der Waals surface area contributed by atoms with Gasteiger partial charge < -0.3 is 23.7 Å². The van der Waals surface area contributed by atoms with Crippen molar-refractivity contribution in [2.75, 3.05) is 6.61 Å². The van der Waals surface area contributed by atoms with Crippen molar-refractivity contribution in [1.29, 1.82) is 0 Å². The average molecular weight is 768 g/mol. The number of thioether (sulfide) groups is 1. The fourth-order valence-corrected chi connectivity index (χ4v) is 7.01. The molecule has 0 saturated carbocycles. The Hall–Kier alpha value is -5.23. The van der Waals surface area contributed by atoms with Crippen LogP contribution in [0.2, 0.25) is 0 Å². The highest BCUT2D eigenvalue weighted by molar-refractivity contribution is 9.10. The summed E-state index contributed by atoms with van der Waals surface area (Å²) in [5.74, 6) is -2.86. The predicted octanol–water partition coefficient (Wildman–Crippen LogP) is 7.80. The van der Waals surface area contributed by atoms with Gasteiger partial charge >= 0.3 is 23.9 Å². The van der Waals surface area contributed by atoms with Crippen LogP contribution in [0.1, 0.15) is 41.4 Å². The second-order valence-corrected chi connectivity index (χ2v) is 13.4. The Bertz CT molecular complexity index is 1940.